The minimum Gasteiger partial charge on any atom is -0.396 e. The van der Waals surface area contributed by atoms with Crippen LogP contribution in [0.15, 0.2) is 36.7 Å². The summed E-state index contributed by atoms with van der Waals surface area (Å²) in [6.07, 6.45) is 4.37. The molecule has 0 aliphatic rings. The summed E-state index contributed by atoms with van der Waals surface area (Å²) in [5.41, 5.74) is 2.98. The van der Waals surface area contributed by atoms with Crippen LogP contribution < -0.4 is 10.6 Å². The minimum atomic E-state index is -0.252. The largest absolute Gasteiger partial charge is 0.396 e. The molecule has 3 N–H and O–H groups in total. The van der Waals surface area contributed by atoms with Crippen molar-refractivity contribution in [2.45, 2.75) is 39.8 Å². The lowest BCUT2D eigenvalue weighted by atomic mass is 10.0. The van der Waals surface area contributed by atoms with Crippen molar-refractivity contribution in [3.05, 3.63) is 47.8 Å². The molecule has 2 aromatic rings. The van der Waals surface area contributed by atoms with Crippen molar-refractivity contribution in [3.63, 3.8) is 0 Å². The van der Waals surface area contributed by atoms with Gasteiger partial charge in [-0.15, -0.1) is 0 Å². The van der Waals surface area contributed by atoms with Crippen molar-refractivity contribution in [2.24, 2.45) is 5.92 Å². The van der Waals surface area contributed by atoms with Crippen molar-refractivity contribution >= 4 is 11.7 Å². The minimum absolute atomic E-state index is 0.0441. The number of anilines is 1. The first-order valence-corrected chi connectivity index (χ1v) is 8.24. The average molecular weight is 330 g/mol. The quantitative estimate of drug-likeness (QED) is 0.730. The molecule has 24 heavy (non-hydrogen) atoms. The summed E-state index contributed by atoms with van der Waals surface area (Å²) in [6, 6.07) is 7.40. The van der Waals surface area contributed by atoms with E-state index in [-0.39, 0.29) is 24.6 Å². The summed E-state index contributed by atoms with van der Waals surface area (Å²) in [5.74, 6) is 0.266. The Kier molecular flexibility index (Phi) is 6.37. The molecule has 1 aromatic carbocycles. The number of aromatic nitrogens is 2. The van der Waals surface area contributed by atoms with Crippen LogP contribution in [0.5, 0.6) is 0 Å². The maximum absolute atomic E-state index is 12.1. The van der Waals surface area contributed by atoms with Crippen LogP contribution >= 0.6 is 0 Å². The molecule has 0 aliphatic carbocycles. The summed E-state index contributed by atoms with van der Waals surface area (Å²) in [7, 11) is 0. The number of aryl methyl sites for hydroxylation is 1. The average Bonchev–Trinajstić information content (AvgIpc) is 2.94. The van der Waals surface area contributed by atoms with E-state index in [9.17, 15) is 4.79 Å². The Morgan fingerprint density at radius 1 is 1.29 bits per heavy atom. The standard InChI is InChI=1S/C18H26N4O2/c1-13(2)17(8-9-23)21-18(24)20-16-6-4-15(5-7-16)12-22-11-14(3)10-19-22/h4-7,10-11,13,17,23H,8-9,12H2,1-3H3,(H2,20,21,24). The summed E-state index contributed by atoms with van der Waals surface area (Å²) in [6.45, 7) is 6.81. The molecule has 130 valence electrons. The van der Waals surface area contributed by atoms with Gasteiger partial charge in [0.15, 0.2) is 0 Å². The van der Waals surface area contributed by atoms with Crippen molar-refractivity contribution < 1.29 is 9.90 Å². The molecule has 0 aliphatic heterocycles. The Bertz CT molecular complexity index is 649. The van der Waals surface area contributed by atoms with Crippen LogP contribution in [0.1, 0.15) is 31.4 Å². The fourth-order valence-corrected chi connectivity index (χ4v) is 2.48. The third kappa shape index (κ3) is 5.38. The van der Waals surface area contributed by atoms with E-state index in [1.54, 1.807) is 0 Å². The number of aliphatic hydroxyl groups excluding tert-OH is 1. The van der Waals surface area contributed by atoms with Gasteiger partial charge < -0.3 is 15.7 Å². The summed E-state index contributed by atoms with van der Waals surface area (Å²) in [5, 5.41) is 19.1. The van der Waals surface area contributed by atoms with Gasteiger partial charge in [-0.2, -0.15) is 5.10 Å². The highest BCUT2D eigenvalue weighted by atomic mass is 16.3. The van der Waals surface area contributed by atoms with Crippen LogP contribution in [0.4, 0.5) is 10.5 Å². The zero-order chi connectivity index (χ0) is 17.5. The highest BCUT2D eigenvalue weighted by molar-refractivity contribution is 5.89. The number of amides is 2. The predicted molar refractivity (Wildman–Crippen MR) is 95.0 cm³/mol. The van der Waals surface area contributed by atoms with Gasteiger partial charge in [0.2, 0.25) is 0 Å². The second-order valence-corrected chi connectivity index (χ2v) is 6.37. The molecule has 1 atom stereocenters. The van der Waals surface area contributed by atoms with Crippen molar-refractivity contribution in [1.82, 2.24) is 15.1 Å². The lowest BCUT2D eigenvalue weighted by molar-refractivity contribution is 0.227. The molecule has 6 nitrogen and oxygen atoms in total. The van der Waals surface area contributed by atoms with E-state index in [1.807, 2.05) is 62.1 Å². The number of aliphatic hydroxyl groups is 1. The van der Waals surface area contributed by atoms with Gasteiger partial charge in [0.05, 0.1) is 12.7 Å². The summed E-state index contributed by atoms with van der Waals surface area (Å²) < 4.78 is 1.88. The molecular weight excluding hydrogens is 304 g/mol. The van der Waals surface area contributed by atoms with E-state index in [0.29, 0.717) is 13.0 Å². The second kappa shape index (κ2) is 8.49. The Hall–Kier alpha value is -2.34. The fourth-order valence-electron chi connectivity index (χ4n) is 2.48. The third-order valence-electron chi connectivity index (χ3n) is 3.88. The molecule has 0 bridgehead atoms. The molecule has 0 spiro atoms. The number of nitrogens with zero attached hydrogens (tertiary/aromatic N) is 2. The zero-order valence-electron chi connectivity index (χ0n) is 14.5. The van der Waals surface area contributed by atoms with Gasteiger partial charge in [0, 0.05) is 24.5 Å². The first-order chi connectivity index (χ1) is 11.5. The molecule has 0 saturated carbocycles. The summed E-state index contributed by atoms with van der Waals surface area (Å²) >= 11 is 0. The molecule has 6 heteroatoms. The van der Waals surface area contributed by atoms with E-state index >= 15 is 0 Å². The number of carbonyl (C=O) groups excluding carboxylic acids is 1. The second-order valence-electron chi connectivity index (χ2n) is 6.37. The number of benzene rings is 1. The number of carbonyl (C=O) groups is 1. The Morgan fingerprint density at radius 3 is 2.54 bits per heavy atom. The highest BCUT2D eigenvalue weighted by Gasteiger charge is 2.15. The first-order valence-electron chi connectivity index (χ1n) is 8.24. The molecule has 1 unspecified atom stereocenters. The van der Waals surface area contributed by atoms with Gasteiger partial charge >= 0.3 is 6.03 Å². The molecule has 0 fully saturated rings. The van der Waals surface area contributed by atoms with E-state index in [2.05, 4.69) is 15.7 Å². The fraction of sp³-hybridized carbons (Fsp3) is 0.444. The van der Waals surface area contributed by atoms with Crippen LogP contribution in [0, 0.1) is 12.8 Å². The monoisotopic (exact) mass is 330 g/mol. The van der Waals surface area contributed by atoms with Crippen molar-refractivity contribution in [3.8, 4) is 0 Å². The van der Waals surface area contributed by atoms with E-state index in [0.717, 1.165) is 16.8 Å². The van der Waals surface area contributed by atoms with Gasteiger partial charge in [-0.1, -0.05) is 26.0 Å². The van der Waals surface area contributed by atoms with Crippen molar-refractivity contribution in [2.75, 3.05) is 11.9 Å². The van der Waals surface area contributed by atoms with E-state index in [4.69, 9.17) is 5.11 Å². The third-order valence-corrected chi connectivity index (χ3v) is 3.88. The molecule has 1 aromatic heterocycles. The normalized spacial score (nSPS) is 12.2. The number of hydrogen-bond donors (Lipinski definition) is 3. The summed E-state index contributed by atoms with van der Waals surface area (Å²) in [4.78, 5) is 12.1. The van der Waals surface area contributed by atoms with Crippen LogP contribution in [0.3, 0.4) is 0 Å². The molecule has 2 amide bonds. The Morgan fingerprint density at radius 2 is 2.00 bits per heavy atom. The molecule has 2 rings (SSSR count). The van der Waals surface area contributed by atoms with Crippen LogP contribution in [-0.2, 0) is 6.54 Å². The van der Waals surface area contributed by atoms with Gasteiger partial charge in [0.1, 0.15) is 0 Å². The van der Waals surface area contributed by atoms with Crippen LogP contribution in [0.2, 0.25) is 0 Å². The number of nitrogens with one attached hydrogen (secondary N) is 2. The molecule has 0 saturated heterocycles. The topological polar surface area (TPSA) is 79.2 Å². The smallest absolute Gasteiger partial charge is 0.319 e. The number of hydrogen-bond acceptors (Lipinski definition) is 3. The zero-order valence-corrected chi connectivity index (χ0v) is 14.5. The van der Waals surface area contributed by atoms with Gasteiger partial charge in [-0.05, 0) is 42.5 Å². The first kappa shape index (κ1) is 18.0. The van der Waals surface area contributed by atoms with E-state index in [1.165, 1.54) is 0 Å². The molecule has 1 heterocycles. The van der Waals surface area contributed by atoms with Gasteiger partial charge in [0.25, 0.3) is 0 Å². The van der Waals surface area contributed by atoms with E-state index < -0.39 is 0 Å². The predicted octanol–water partition coefficient (Wildman–Crippen LogP) is 2.77. The Balaban J connectivity index is 1.89. The molecule has 0 radical (unpaired) electrons. The number of rotatable bonds is 7. The number of urea groups is 1. The maximum Gasteiger partial charge on any atom is 0.319 e. The molecular formula is C18H26N4O2. The SMILES string of the molecule is Cc1cnn(Cc2ccc(NC(=O)NC(CCO)C(C)C)cc2)c1. The van der Waals surface area contributed by atoms with Crippen molar-refractivity contribution in [1.29, 1.82) is 0 Å². The van der Waals surface area contributed by atoms with Crippen LogP contribution in [0.25, 0.3) is 0 Å². The maximum atomic E-state index is 12.1. The van der Waals surface area contributed by atoms with Gasteiger partial charge in [-0.3, -0.25) is 4.68 Å². The highest BCUT2D eigenvalue weighted by Crippen LogP contribution is 2.12. The lowest BCUT2D eigenvalue weighted by Crippen LogP contribution is -2.41. The van der Waals surface area contributed by atoms with Gasteiger partial charge in [-0.25, -0.2) is 4.79 Å². The Labute approximate surface area is 142 Å². The lowest BCUT2D eigenvalue weighted by Gasteiger charge is -2.21. The van der Waals surface area contributed by atoms with Crippen LogP contribution in [-0.4, -0.2) is 33.6 Å².